The molecule has 0 unspecified atom stereocenters. The molecule has 1 aliphatic rings. The first-order valence-electron chi connectivity index (χ1n) is 13.3. The van der Waals surface area contributed by atoms with E-state index in [1.54, 1.807) is 11.6 Å². The lowest BCUT2D eigenvalue weighted by atomic mass is 9.92. The SMILES string of the molecule is CCC(CC)CN1CCC[C@@H](n2c(=O)[nH]c3cc(-c4cc(OC)c5ncnn5c4)c(C(C)C)cc32)C1. The van der Waals surface area contributed by atoms with Crippen LogP contribution >= 0.6 is 0 Å². The van der Waals surface area contributed by atoms with E-state index in [1.165, 1.54) is 24.7 Å². The van der Waals surface area contributed by atoms with Gasteiger partial charge in [0.15, 0.2) is 11.4 Å². The Morgan fingerprint density at radius 2 is 2.00 bits per heavy atom. The van der Waals surface area contributed by atoms with Crippen LogP contribution < -0.4 is 10.4 Å². The van der Waals surface area contributed by atoms with Gasteiger partial charge in [-0.3, -0.25) is 4.57 Å². The Hall–Kier alpha value is -3.13. The number of aromatic amines is 1. The largest absolute Gasteiger partial charge is 0.493 e. The fraction of sp³-hybridized carbons (Fsp3) is 0.536. The van der Waals surface area contributed by atoms with Gasteiger partial charge in [0.25, 0.3) is 0 Å². The quantitative estimate of drug-likeness (QED) is 0.365. The van der Waals surface area contributed by atoms with Crippen molar-refractivity contribution in [1.82, 2.24) is 29.0 Å². The molecule has 4 aromatic rings. The predicted octanol–water partition coefficient (Wildman–Crippen LogP) is 5.24. The number of hydrogen-bond donors (Lipinski definition) is 1. The van der Waals surface area contributed by atoms with Crippen molar-refractivity contribution in [1.29, 1.82) is 0 Å². The number of nitrogens with one attached hydrogen (secondary N) is 1. The predicted molar refractivity (Wildman–Crippen MR) is 144 cm³/mol. The Morgan fingerprint density at radius 1 is 1.19 bits per heavy atom. The monoisotopic (exact) mass is 490 g/mol. The molecule has 5 rings (SSSR count). The smallest absolute Gasteiger partial charge is 0.326 e. The van der Waals surface area contributed by atoms with Crippen LogP contribution in [0.3, 0.4) is 0 Å². The topological polar surface area (TPSA) is 80.5 Å². The van der Waals surface area contributed by atoms with Gasteiger partial charge in [-0.15, -0.1) is 0 Å². The summed E-state index contributed by atoms with van der Waals surface area (Å²) < 4.78 is 9.36. The van der Waals surface area contributed by atoms with Gasteiger partial charge in [0.05, 0.1) is 24.2 Å². The molecule has 0 aliphatic carbocycles. The summed E-state index contributed by atoms with van der Waals surface area (Å²) in [6.07, 6.45) is 8.07. The van der Waals surface area contributed by atoms with Crippen LogP contribution in [0, 0.1) is 5.92 Å². The molecule has 8 nitrogen and oxygen atoms in total. The molecule has 8 heteroatoms. The standard InChI is InChI=1S/C28H38N6O2/c1-6-19(7-2)14-32-10-8-9-21(16-32)34-25-13-22(18(3)4)23(12-24(25)31-28(34)35)20-11-26(36-5)27-29-17-30-33(27)15-20/h11-13,15,17-19,21H,6-10,14,16H2,1-5H3,(H,31,35)/t21-/m1/s1. The number of rotatable bonds is 8. The minimum Gasteiger partial charge on any atom is -0.493 e. The minimum absolute atomic E-state index is 0.0180. The van der Waals surface area contributed by atoms with Crippen LogP contribution in [-0.2, 0) is 0 Å². The first kappa shape index (κ1) is 24.6. The molecule has 192 valence electrons. The van der Waals surface area contributed by atoms with E-state index < -0.39 is 0 Å². The Bertz CT molecular complexity index is 1410. The number of benzene rings is 1. The summed E-state index contributed by atoms with van der Waals surface area (Å²) in [7, 11) is 1.65. The Morgan fingerprint density at radius 3 is 2.72 bits per heavy atom. The number of piperidine rings is 1. The van der Waals surface area contributed by atoms with Gasteiger partial charge in [-0.2, -0.15) is 5.10 Å². The van der Waals surface area contributed by atoms with Crippen molar-refractivity contribution < 1.29 is 4.74 Å². The molecule has 1 aromatic carbocycles. The van der Waals surface area contributed by atoms with Gasteiger partial charge >= 0.3 is 5.69 Å². The van der Waals surface area contributed by atoms with Gasteiger partial charge in [0.2, 0.25) is 0 Å². The first-order valence-corrected chi connectivity index (χ1v) is 13.3. The number of ether oxygens (including phenoxy) is 1. The van der Waals surface area contributed by atoms with Crippen LogP contribution in [0.1, 0.15) is 70.9 Å². The van der Waals surface area contributed by atoms with Gasteiger partial charge in [-0.25, -0.2) is 14.3 Å². The number of imidazole rings is 1. The average molecular weight is 491 g/mol. The number of fused-ring (bicyclic) bond motifs is 2. The second kappa shape index (κ2) is 10.1. The van der Waals surface area contributed by atoms with Crippen LogP contribution in [0.4, 0.5) is 0 Å². The van der Waals surface area contributed by atoms with Crippen LogP contribution in [0.25, 0.3) is 27.8 Å². The van der Waals surface area contributed by atoms with E-state index in [0.717, 1.165) is 60.6 Å². The maximum absolute atomic E-state index is 13.3. The number of pyridine rings is 1. The zero-order chi connectivity index (χ0) is 25.4. The summed E-state index contributed by atoms with van der Waals surface area (Å²) in [5, 5.41) is 4.33. The number of hydrogen-bond acceptors (Lipinski definition) is 5. The van der Waals surface area contributed by atoms with Gasteiger partial charge in [-0.05, 0) is 60.5 Å². The van der Waals surface area contributed by atoms with E-state index >= 15 is 0 Å². The molecular formula is C28H38N6O2. The number of nitrogens with zero attached hydrogens (tertiary/aromatic N) is 5. The van der Waals surface area contributed by atoms with E-state index in [2.05, 4.69) is 59.8 Å². The second-order valence-electron chi connectivity index (χ2n) is 10.5. The molecule has 0 spiro atoms. The fourth-order valence-corrected chi connectivity index (χ4v) is 5.79. The second-order valence-corrected chi connectivity index (χ2v) is 10.5. The third-order valence-electron chi connectivity index (χ3n) is 7.90. The molecule has 0 radical (unpaired) electrons. The summed E-state index contributed by atoms with van der Waals surface area (Å²) in [5.74, 6) is 1.67. The lowest BCUT2D eigenvalue weighted by molar-refractivity contribution is 0.151. The van der Waals surface area contributed by atoms with Crippen LogP contribution in [0.5, 0.6) is 5.75 Å². The Balaban J connectivity index is 1.57. The van der Waals surface area contributed by atoms with E-state index in [-0.39, 0.29) is 17.6 Å². The van der Waals surface area contributed by atoms with Crippen LogP contribution in [0.2, 0.25) is 0 Å². The molecule has 1 aliphatic heterocycles. The molecule has 1 saturated heterocycles. The summed E-state index contributed by atoms with van der Waals surface area (Å²) in [5.41, 5.74) is 5.78. The highest BCUT2D eigenvalue weighted by Gasteiger charge is 2.26. The third kappa shape index (κ3) is 4.43. The van der Waals surface area contributed by atoms with E-state index in [9.17, 15) is 4.79 Å². The lowest BCUT2D eigenvalue weighted by Gasteiger charge is -2.35. The molecule has 1 N–H and O–H groups in total. The first-order chi connectivity index (χ1) is 17.4. The summed E-state index contributed by atoms with van der Waals surface area (Å²) in [6.45, 7) is 12.1. The molecule has 0 saturated carbocycles. The molecular weight excluding hydrogens is 452 g/mol. The fourth-order valence-electron chi connectivity index (χ4n) is 5.79. The number of H-pyrrole nitrogens is 1. The van der Waals surface area contributed by atoms with Crippen molar-refractivity contribution in [2.75, 3.05) is 26.7 Å². The molecule has 3 aromatic heterocycles. The Kier molecular flexibility index (Phi) is 6.88. The molecule has 36 heavy (non-hydrogen) atoms. The highest BCUT2D eigenvalue weighted by molar-refractivity contribution is 5.85. The van der Waals surface area contributed by atoms with Crippen molar-refractivity contribution in [2.45, 2.75) is 65.3 Å². The van der Waals surface area contributed by atoms with Crippen LogP contribution in [0.15, 0.2) is 35.5 Å². The summed E-state index contributed by atoms with van der Waals surface area (Å²) >= 11 is 0. The van der Waals surface area contributed by atoms with Crippen LogP contribution in [-0.4, -0.2) is 55.8 Å². The maximum Gasteiger partial charge on any atom is 0.326 e. The number of methoxy groups -OCH3 is 1. The molecule has 0 bridgehead atoms. The van der Waals surface area contributed by atoms with Crippen molar-refractivity contribution in [3.05, 3.63) is 46.8 Å². The lowest BCUT2D eigenvalue weighted by Crippen LogP contribution is -2.41. The number of aromatic nitrogens is 5. The van der Waals surface area contributed by atoms with Gasteiger partial charge in [-0.1, -0.05) is 40.5 Å². The molecule has 4 heterocycles. The van der Waals surface area contributed by atoms with E-state index in [0.29, 0.717) is 11.4 Å². The summed E-state index contributed by atoms with van der Waals surface area (Å²) in [6, 6.07) is 6.52. The summed E-state index contributed by atoms with van der Waals surface area (Å²) in [4.78, 5) is 23.3. The molecule has 1 fully saturated rings. The van der Waals surface area contributed by atoms with E-state index in [4.69, 9.17) is 4.74 Å². The van der Waals surface area contributed by atoms with E-state index in [1.807, 2.05) is 16.8 Å². The third-order valence-corrected chi connectivity index (χ3v) is 7.90. The minimum atomic E-state index is -0.0180. The van der Waals surface area contributed by atoms with Gasteiger partial charge < -0.3 is 14.6 Å². The zero-order valence-electron chi connectivity index (χ0n) is 22.1. The molecule has 1 atom stereocenters. The highest BCUT2D eigenvalue weighted by Crippen LogP contribution is 2.36. The average Bonchev–Trinajstić information content (AvgIpc) is 3.49. The zero-order valence-corrected chi connectivity index (χ0v) is 22.1. The van der Waals surface area contributed by atoms with Crippen molar-refractivity contribution in [2.24, 2.45) is 5.92 Å². The number of likely N-dealkylation sites (tertiary alicyclic amines) is 1. The van der Waals surface area contributed by atoms with Gasteiger partial charge in [0, 0.05) is 24.8 Å². The van der Waals surface area contributed by atoms with Crippen molar-refractivity contribution >= 4 is 16.7 Å². The van der Waals surface area contributed by atoms with Crippen molar-refractivity contribution in [3.63, 3.8) is 0 Å². The van der Waals surface area contributed by atoms with Crippen molar-refractivity contribution in [3.8, 4) is 16.9 Å². The highest BCUT2D eigenvalue weighted by atomic mass is 16.5. The van der Waals surface area contributed by atoms with Gasteiger partial charge in [0.1, 0.15) is 6.33 Å². The Labute approximate surface area is 212 Å². The normalized spacial score (nSPS) is 17.1. The maximum atomic E-state index is 13.3. The molecule has 0 amide bonds.